The maximum absolute atomic E-state index is 13.8. The van der Waals surface area contributed by atoms with Crippen molar-refractivity contribution in [2.45, 2.75) is 19.0 Å². The number of carbonyl (C=O) groups is 1. The SMILES string of the molecule is Cc1cc(C(=O)CSc2nc3sc(-c4ccccc4)cc3c(=O)n2-c2ccccc2)c(C)n1-c1ccc(F)cc1. The highest BCUT2D eigenvalue weighted by Crippen LogP contribution is 2.33. The lowest BCUT2D eigenvalue weighted by atomic mass is 10.2. The van der Waals surface area contributed by atoms with E-state index in [1.54, 1.807) is 16.7 Å². The van der Waals surface area contributed by atoms with Gasteiger partial charge in [-0.3, -0.25) is 14.2 Å². The van der Waals surface area contributed by atoms with Gasteiger partial charge in [-0.25, -0.2) is 9.37 Å². The lowest BCUT2D eigenvalue weighted by Crippen LogP contribution is -2.21. The number of hydrogen-bond acceptors (Lipinski definition) is 5. The number of hydrogen-bond donors (Lipinski definition) is 0. The summed E-state index contributed by atoms with van der Waals surface area (Å²) in [5.41, 5.74) is 4.59. The van der Waals surface area contributed by atoms with Gasteiger partial charge in [0.15, 0.2) is 10.9 Å². The summed E-state index contributed by atoms with van der Waals surface area (Å²) in [4.78, 5) is 33.7. The molecule has 0 aliphatic carbocycles. The van der Waals surface area contributed by atoms with Crippen LogP contribution in [0.5, 0.6) is 0 Å². The summed E-state index contributed by atoms with van der Waals surface area (Å²) >= 11 is 2.72. The number of aromatic nitrogens is 3. The number of halogens is 1. The Morgan fingerprint density at radius 2 is 1.52 bits per heavy atom. The number of rotatable bonds is 7. The van der Waals surface area contributed by atoms with Gasteiger partial charge >= 0.3 is 0 Å². The van der Waals surface area contributed by atoms with Gasteiger partial charge < -0.3 is 4.57 Å². The van der Waals surface area contributed by atoms with Crippen LogP contribution in [0, 0.1) is 19.7 Å². The molecule has 0 fully saturated rings. The Morgan fingerprint density at radius 1 is 0.875 bits per heavy atom. The summed E-state index contributed by atoms with van der Waals surface area (Å²) < 4.78 is 17.0. The number of carbonyl (C=O) groups excluding carboxylic acids is 1. The molecule has 0 aliphatic rings. The first-order valence-corrected chi connectivity index (χ1v) is 14.5. The van der Waals surface area contributed by atoms with Crippen molar-refractivity contribution < 1.29 is 9.18 Å². The number of aryl methyl sites for hydroxylation is 1. The highest BCUT2D eigenvalue weighted by molar-refractivity contribution is 7.99. The number of thiophene rings is 1. The van der Waals surface area contributed by atoms with E-state index in [2.05, 4.69) is 0 Å². The smallest absolute Gasteiger partial charge is 0.267 e. The fourth-order valence-corrected chi connectivity index (χ4v) is 6.82. The third kappa shape index (κ3) is 4.80. The minimum atomic E-state index is -0.311. The molecule has 0 bridgehead atoms. The number of nitrogens with zero attached hydrogens (tertiary/aromatic N) is 3. The van der Waals surface area contributed by atoms with Gasteiger partial charge in [0, 0.05) is 27.5 Å². The lowest BCUT2D eigenvalue weighted by molar-refractivity contribution is 0.102. The van der Waals surface area contributed by atoms with E-state index < -0.39 is 0 Å². The zero-order chi connectivity index (χ0) is 27.8. The first kappa shape index (κ1) is 26.0. The van der Waals surface area contributed by atoms with Crippen molar-refractivity contribution in [2.24, 2.45) is 0 Å². The second-order valence-electron chi connectivity index (χ2n) is 9.37. The van der Waals surface area contributed by atoms with Crippen molar-refractivity contribution in [1.82, 2.24) is 14.1 Å². The second-order valence-corrected chi connectivity index (χ2v) is 11.3. The number of fused-ring (bicyclic) bond motifs is 1. The van der Waals surface area contributed by atoms with Crippen LogP contribution in [-0.4, -0.2) is 25.7 Å². The molecule has 3 heterocycles. The first-order valence-electron chi connectivity index (χ1n) is 12.7. The minimum Gasteiger partial charge on any atom is -0.318 e. The predicted molar refractivity (Wildman–Crippen MR) is 161 cm³/mol. The topological polar surface area (TPSA) is 56.9 Å². The molecular weight excluding hydrogens is 542 g/mol. The van der Waals surface area contributed by atoms with Crippen LogP contribution in [0.4, 0.5) is 4.39 Å². The van der Waals surface area contributed by atoms with Crippen molar-refractivity contribution in [2.75, 3.05) is 5.75 Å². The van der Waals surface area contributed by atoms with Crippen LogP contribution in [0.1, 0.15) is 21.7 Å². The third-order valence-electron chi connectivity index (χ3n) is 6.76. The molecule has 40 heavy (non-hydrogen) atoms. The van der Waals surface area contributed by atoms with Gasteiger partial charge in [0.1, 0.15) is 10.6 Å². The maximum atomic E-state index is 13.8. The van der Waals surface area contributed by atoms with Crippen LogP contribution in [-0.2, 0) is 0 Å². The Hall–Kier alpha value is -4.27. The lowest BCUT2D eigenvalue weighted by Gasteiger charge is -2.12. The molecular formula is C32H24FN3O2S2. The fourth-order valence-electron chi connectivity index (χ4n) is 4.85. The maximum Gasteiger partial charge on any atom is 0.267 e. The second kappa shape index (κ2) is 10.7. The molecule has 0 spiro atoms. The van der Waals surface area contributed by atoms with Crippen LogP contribution >= 0.6 is 23.1 Å². The van der Waals surface area contributed by atoms with E-state index in [0.29, 0.717) is 26.6 Å². The molecule has 0 radical (unpaired) electrons. The number of ketones is 1. The van der Waals surface area contributed by atoms with Gasteiger partial charge in [-0.15, -0.1) is 11.3 Å². The summed E-state index contributed by atoms with van der Waals surface area (Å²) in [7, 11) is 0. The molecule has 3 aromatic heterocycles. The number of benzene rings is 3. The van der Waals surface area contributed by atoms with Gasteiger partial charge in [-0.2, -0.15) is 0 Å². The quantitative estimate of drug-likeness (QED) is 0.113. The predicted octanol–water partition coefficient (Wildman–Crippen LogP) is 7.64. The third-order valence-corrected chi connectivity index (χ3v) is 8.77. The Labute approximate surface area is 238 Å². The summed E-state index contributed by atoms with van der Waals surface area (Å²) in [5, 5.41) is 1.01. The molecule has 198 valence electrons. The monoisotopic (exact) mass is 565 g/mol. The van der Waals surface area contributed by atoms with Crippen LogP contribution < -0.4 is 5.56 Å². The Kier molecular flexibility index (Phi) is 6.96. The van der Waals surface area contributed by atoms with Gasteiger partial charge in [0.2, 0.25) is 0 Å². The molecule has 3 aromatic carbocycles. The first-order chi connectivity index (χ1) is 19.4. The van der Waals surface area contributed by atoms with Gasteiger partial charge in [-0.05, 0) is 67.9 Å². The molecule has 0 amide bonds. The number of Topliss-reactive ketones (excluding diaryl/α,β-unsaturated/α-hetero) is 1. The highest BCUT2D eigenvalue weighted by Gasteiger charge is 2.21. The summed E-state index contributed by atoms with van der Waals surface area (Å²) in [5.74, 6) is -0.277. The van der Waals surface area contributed by atoms with E-state index in [-0.39, 0.29) is 22.9 Å². The molecule has 0 saturated heterocycles. The fraction of sp³-hybridized carbons (Fsp3) is 0.0938. The number of thioether (sulfide) groups is 1. The molecule has 6 rings (SSSR count). The van der Waals surface area contributed by atoms with Crippen molar-refractivity contribution >= 4 is 39.1 Å². The molecule has 0 unspecified atom stereocenters. The Morgan fingerprint density at radius 3 is 2.23 bits per heavy atom. The molecule has 0 saturated carbocycles. The molecule has 8 heteroatoms. The zero-order valence-corrected chi connectivity index (χ0v) is 23.4. The van der Waals surface area contributed by atoms with E-state index in [4.69, 9.17) is 4.98 Å². The zero-order valence-electron chi connectivity index (χ0n) is 21.8. The van der Waals surface area contributed by atoms with Crippen LogP contribution in [0.15, 0.2) is 107 Å². The average Bonchev–Trinajstić information content (AvgIpc) is 3.54. The van der Waals surface area contributed by atoms with Crippen LogP contribution in [0.2, 0.25) is 0 Å². The molecule has 0 N–H and O–H groups in total. The van der Waals surface area contributed by atoms with E-state index >= 15 is 0 Å². The van der Waals surface area contributed by atoms with Gasteiger partial charge in [0.05, 0.1) is 16.8 Å². The number of para-hydroxylation sites is 1. The van der Waals surface area contributed by atoms with Crippen LogP contribution in [0.25, 0.3) is 32.0 Å². The van der Waals surface area contributed by atoms with E-state index in [9.17, 15) is 14.0 Å². The molecule has 0 aliphatic heterocycles. The summed E-state index contributed by atoms with van der Waals surface area (Å²) in [6, 6.07) is 29.2. The summed E-state index contributed by atoms with van der Waals surface area (Å²) in [6.45, 7) is 3.80. The van der Waals surface area contributed by atoms with Crippen molar-refractivity contribution in [1.29, 1.82) is 0 Å². The Bertz CT molecular complexity index is 1910. The average molecular weight is 566 g/mol. The van der Waals surface area contributed by atoms with Crippen molar-refractivity contribution in [3.05, 3.63) is 130 Å². The molecule has 6 aromatic rings. The Balaban J connectivity index is 1.37. The van der Waals surface area contributed by atoms with Crippen LogP contribution in [0.3, 0.4) is 0 Å². The van der Waals surface area contributed by atoms with Crippen molar-refractivity contribution in [3.8, 4) is 21.8 Å². The molecule has 0 atom stereocenters. The largest absolute Gasteiger partial charge is 0.318 e. The normalized spacial score (nSPS) is 11.3. The minimum absolute atomic E-state index is 0.0726. The van der Waals surface area contributed by atoms with Gasteiger partial charge in [-0.1, -0.05) is 60.3 Å². The van der Waals surface area contributed by atoms with E-state index in [0.717, 1.165) is 27.5 Å². The van der Waals surface area contributed by atoms with Gasteiger partial charge in [0.25, 0.3) is 5.56 Å². The van der Waals surface area contributed by atoms with E-state index in [1.165, 1.54) is 35.2 Å². The van der Waals surface area contributed by atoms with E-state index in [1.807, 2.05) is 91.2 Å². The summed E-state index contributed by atoms with van der Waals surface area (Å²) in [6.07, 6.45) is 0. The van der Waals surface area contributed by atoms with Crippen molar-refractivity contribution in [3.63, 3.8) is 0 Å². The molecule has 5 nitrogen and oxygen atoms in total. The standard InChI is InChI=1S/C32H24FN3O2S2/c1-20-17-26(21(2)35(20)25-15-13-23(33)14-16-25)28(37)19-39-32-34-30-27(18-29(40-30)22-9-5-3-6-10-22)31(38)36(32)24-11-7-4-8-12-24/h3-18H,19H2,1-2H3. The highest BCUT2D eigenvalue weighted by atomic mass is 32.2.